The quantitative estimate of drug-likeness (QED) is 0.593. The van der Waals surface area contributed by atoms with Crippen LogP contribution in [0.2, 0.25) is 0 Å². The van der Waals surface area contributed by atoms with Gasteiger partial charge in [0.25, 0.3) is 11.1 Å². The molecule has 0 aliphatic rings. The Bertz CT molecular complexity index is 449. The summed E-state index contributed by atoms with van der Waals surface area (Å²) in [6.07, 6.45) is 0. The fraction of sp³-hybridized carbons (Fsp3) is 0. The molecule has 0 spiro atoms. The highest BCUT2D eigenvalue weighted by molar-refractivity contribution is 7.09. The van der Waals surface area contributed by atoms with Crippen LogP contribution in [0.4, 0.5) is 0 Å². The largest absolute Gasteiger partial charge is 0.271 e. The second-order valence-electron chi connectivity index (χ2n) is 2.11. The molecule has 2 rings (SSSR count). The highest BCUT2D eigenvalue weighted by atomic mass is 32.1. The van der Waals surface area contributed by atoms with Crippen molar-refractivity contribution >= 4 is 22.1 Å². The standard InChI is InChI=1S/C6H4N2O2S/c9-5-3-1-11-2-4(3)6(10)8-7-5/h1-2H,(H,7,9)(H,8,10). The number of aromatic nitrogens is 2. The lowest BCUT2D eigenvalue weighted by atomic mass is 10.3. The van der Waals surface area contributed by atoms with Crippen molar-refractivity contribution in [2.75, 3.05) is 0 Å². The molecule has 2 N–H and O–H groups in total. The Hall–Kier alpha value is -1.36. The summed E-state index contributed by atoms with van der Waals surface area (Å²) in [5, 5.41) is 8.71. The molecule has 5 heteroatoms. The van der Waals surface area contributed by atoms with Crippen molar-refractivity contribution in [3.8, 4) is 0 Å². The summed E-state index contributed by atoms with van der Waals surface area (Å²) in [6.45, 7) is 0. The summed E-state index contributed by atoms with van der Waals surface area (Å²) < 4.78 is 0. The van der Waals surface area contributed by atoms with Gasteiger partial charge in [0.2, 0.25) is 0 Å². The summed E-state index contributed by atoms with van der Waals surface area (Å²) >= 11 is 1.34. The average Bonchev–Trinajstić information content (AvgIpc) is 2.45. The van der Waals surface area contributed by atoms with Gasteiger partial charge in [-0.1, -0.05) is 0 Å². The lowest BCUT2D eigenvalue weighted by Gasteiger charge is -1.84. The zero-order valence-corrected chi connectivity index (χ0v) is 6.20. The van der Waals surface area contributed by atoms with Gasteiger partial charge >= 0.3 is 0 Å². The van der Waals surface area contributed by atoms with Crippen LogP contribution < -0.4 is 11.1 Å². The first-order chi connectivity index (χ1) is 5.29. The number of hydrogen-bond donors (Lipinski definition) is 2. The van der Waals surface area contributed by atoms with Gasteiger partial charge in [-0.25, -0.2) is 0 Å². The second-order valence-corrected chi connectivity index (χ2v) is 2.85. The van der Waals surface area contributed by atoms with E-state index < -0.39 is 0 Å². The molecule has 0 atom stereocenters. The van der Waals surface area contributed by atoms with Crippen molar-refractivity contribution in [1.29, 1.82) is 0 Å². The molecule has 2 heterocycles. The van der Waals surface area contributed by atoms with Gasteiger partial charge in [0.15, 0.2) is 0 Å². The van der Waals surface area contributed by atoms with Gasteiger partial charge in [0.05, 0.1) is 10.8 Å². The second kappa shape index (κ2) is 2.06. The fourth-order valence-electron chi connectivity index (χ4n) is 0.897. The number of fused-ring (bicyclic) bond motifs is 1. The molecular weight excluding hydrogens is 164 g/mol. The summed E-state index contributed by atoms with van der Waals surface area (Å²) in [4.78, 5) is 21.9. The lowest BCUT2D eigenvalue weighted by molar-refractivity contribution is 0.978. The van der Waals surface area contributed by atoms with Crippen LogP contribution in [0.25, 0.3) is 10.8 Å². The van der Waals surface area contributed by atoms with Crippen molar-refractivity contribution in [3.05, 3.63) is 31.5 Å². The number of thiophene rings is 1. The van der Waals surface area contributed by atoms with E-state index in [4.69, 9.17) is 0 Å². The van der Waals surface area contributed by atoms with Crippen LogP contribution in [0.3, 0.4) is 0 Å². The Morgan fingerprint density at radius 3 is 1.91 bits per heavy atom. The van der Waals surface area contributed by atoms with E-state index in [-0.39, 0.29) is 11.1 Å². The van der Waals surface area contributed by atoms with Gasteiger partial charge in [-0.2, -0.15) is 11.3 Å². The normalized spacial score (nSPS) is 10.5. The third kappa shape index (κ3) is 0.813. The molecule has 2 aromatic rings. The van der Waals surface area contributed by atoms with Gasteiger partial charge < -0.3 is 0 Å². The zero-order valence-electron chi connectivity index (χ0n) is 5.38. The SMILES string of the molecule is O=c1[nH][nH]c(=O)c2cscc12. The third-order valence-electron chi connectivity index (χ3n) is 1.44. The first kappa shape index (κ1) is 6.36. The molecule has 0 unspecified atom stereocenters. The minimum atomic E-state index is -0.249. The number of H-pyrrole nitrogens is 2. The summed E-state index contributed by atoms with van der Waals surface area (Å²) in [7, 11) is 0. The Labute approximate surface area is 64.5 Å². The molecule has 0 saturated carbocycles. The van der Waals surface area contributed by atoms with E-state index in [0.29, 0.717) is 10.8 Å². The maximum Gasteiger partial charge on any atom is 0.271 e. The topological polar surface area (TPSA) is 65.7 Å². The Balaban J connectivity index is 3.21. The lowest BCUT2D eigenvalue weighted by Crippen LogP contribution is -2.17. The van der Waals surface area contributed by atoms with E-state index in [1.165, 1.54) is 11.3 Å². The average molecular weight is 168 g/mol. The van der Waals surface area contributed by atoms with Crippen molar-refractivity contribution < 1.29 is 0 Å². The molecule has 0 amide bonds. The van der Waals surface area contributed by atoms with Gasteiger partial charge in [0.1, 0.15) is 0 Å². The number of nitrogens with one attached hydrogen (secondary N) is 2. The van der Waals surface area contributed by atoms with Crippen LogP contribution in [-0.4, -0.2) is 10.2 Å². The molecule has 4 nitrogen and oxygen atoms in total. The maximum absolute atomic E-state index is 11.0. The first-order valence-electron chi connectivity index (χ1n) is 2.96. The molecule has 0 bridgehead atoms. The Morgan fingerprint density at radius 1 is 1.00 bits per heavy atom. The van der Waals surface area contributed by atoms with Crippen LogP contribution in [-0.2, 0) is 0 Å². The van der Waals surface area contributed by atoms with Crippen LogP contribution in [0, 0.1) is 0 Å². The van der Waals surface area contributed by atoms with E-state index in [1.807, 2.05) is 0 Å². The van der Waals surface area contributed by atoms with Crippen molar-refractivity contribution in [2.45, 2.75) is 0 Å². The van der Waals surface area contributed by atoms with Crippen LogP contribution in [0.5, 0.6) is 0 Å². The van der Waals surface area contributed by atoms with E-state index in [1.54, 1.807) is 10.8 Å². The molecule has 0 saturated heterocycles. The Morgan fingerprint density at radius 2 is 1.45 bits per heavy atom. The first-order valence-corrected chi connectivity index (χ1v) is 3.90. The highest BCUT2D eigenvalue weighted by Crippen LogP contribution is 2.08. The molecule has 2 aromatic heterocycles. The van der Waals surface area contributed by atoms with Crippen LogP contribution in [0.1, 0.15) is 0 Å². The van der Waals surface area contributed by atoms with Gasteiger partial charge in [0, 0.05) is 10.8 Å². The van der Waals surface area contributed by atoms with Crippen molar-refractivity contribution in [3.63, 3.8) is 0 Å². The molecule has 0 radical (unpaired) electrons. The van der Waals surface area contributed by atoms with E-state index in [0.717, 1.165) is 0 Å². The maximum atomic E-state index is 11.0. The molecule has 0 aliphatic heterocycles. The van der Waals surface area contributed by atoms with E-state index in [2.05, 4.69) is 10.2 Å². The molecule has 56 valence electrons. The van der Waals surface area contributed by atoms with Crippen LogP contribution in [0.15, 0.2) is 20.3 Å². The molecular formula is C6H4N2O2S. The minimum absolute atomic E-state index is 0.249. The van der Waals surface area contributed by atoms with Crippen molar-refractivity contribution in [2.24, 2.45) is 0 Å². The fourth-order valence-corrected chi connectivity index (χ4v) is 1.71. The minimum Gasteiger partial charge on any atom is -0.267 e. The summed E-state index contributed by atoms with van der Waals surface area (Å²) in [5.74, 6) is 0. The summed E-state index contributed by atoms with van der Waals surface area (Å²) in [6, 6.07) is 0. The number of hydrogen-bond acceptors (Lipinski definition) is 3. The van der Waals surface area contributed by atoms with Crippen LogP contribution >= 0.6 is 11.3 Å². The highest BCUT2D eigenvalue weighted by Gasteiger charge is 2.01. The predicted octanol–water partition coefficient (Wildman–Crippen LogP) is 0.278. The van der Waals surface area contributed by atoms with E-state index >= 15 is 0 Å². The Kier molecular flexibility index (Phi) is 1.19. The molecule has 11 heavy (non-hydrogen) atoms. The third-order valence-corrected chi connectivity index (χ3v) is 2.18. The van der Waals surface area contributed by atoms with Gasteiger partial charge in [-0.15, -0.1) is 0 Å². The van der Waals surface area contributed by atoms with Gasteiger partial charge in [-0.3, -0.25) is 19.8 Å². The zero-order chi connectivity index (χ0) is 7.84. The van der Waals surface area contributed by atoms with Crippen molar-refractivity contribution in [1.82, 2.24) is 10.2 Å². The predicted molar refractivity (Wildman–Crippen MR) is 43.1 cm³/mol. The van der Waals surface area contributed by atoms with Gasteiger partial charge in [-0.05, 0) is 0 Å². The molecule has 0 fully saturated rings. The number of rotatable bonds is 0. The monoisotopic (exact) mass is 168 g/mol. The smallest absolute Gasteiger partial charge is 0.267 e. The molecule has 0 aromatic carbocycles. The van der Waals surface area contributed by atoms with E-state index in [9.17, 15) is 9.59 Å². The molecule has 0 aliphatic carbocycles. The summed E-state index contributed by atoms with van der Waals surface area (Å²) in [5.41, 5.74) is -0.498. The number of aromatic amines is 2.